The Hall–Kier alpha value is -4.97. The number of halogens is 3. The highest BCUT2D eigenvalue weighted by atomic mass is 19.4. The topological polar surface area (TPSA) is 153 Å². The predicted octanol–water partition coefficient (Wildman–Crippen LogP) is 4.80. The summed E-state index contributed by atoms with van der Waals surface area (Å²) in [7, 11) is 1.87. The van der Waals surface area contributed by atoms with Crippen LogP contribution in [0.5, 0.6) is 0 Å². The number of carbonyl (C=O) groups is 2. The minimum absolute atomic E-state index is 0.125. The fraction of sp³-hybridized carbons (Fsp3) is 0.471. The molecule has 0 unspecified atom stereocenters. The van der Waals surface area contributed by atoms with E-state index < -0.39 is 24.0 Å². The maximum absolute atomic E-state index is 11.8. The number of amides is 1. The number of carbonyl (C=O) groups excluding carboxylic acids is 1. The van der Waals surface area contributed by atoms with Gasteiger partial charge >= 0.3 is 12.1 Å². The Morgan fingerprint density at radius 2 is 1.82 bits per heavy atom. The van der Waals surface area contributed by atoms with Crippen LogP contribution in [-0.2, 0) is 16.6 Å². The Morgan fingerprint density at radius 1 is 1.08 bits per heavy atom. The predicted molar refractivity (Wildman–Crippen MR) is 176 cm³/mol. The number of pyridine rings is 2. The number of carboxylic acid groups (broad SMARTS) is 1. The van der Waals surface area contributed by atoms with Gasteiger partial charge in [-0.1, -0.05) is 6.92 Å². The molecule has 6 rings (SSSR count). The third kappa shape index (κ3) is 8.37. The molecule has 0 saturated carbocycles. The standard InChI is InChI=1S/C25H25N7O2.C9H15F3N2O/c1-3-25(24(33)34)6-8-31(9-7-25)22-5-4-17(12-27-22)21-10-18(20-14-28-30(2)15-20)16-32-23(21)19(11-26)13-29-32;10-9(11,12)3-6-14-8(15)7-1-4-13-5-2-7/h4-5,10,12-16H,3,6-9H2,1-2H3,(H,33,34);7,13H,1-6H2,(H,14,15). The average molecular weight is 680 g/mol. The normalized spacial score (nSPS) is 16.4. The minimum atomic E-state index is -4.19. The SMILES string of the molecule is CCC1(C(=O)O)CCN(c2ccc(-c3cc(-c4cnn(C)c4)cn4ncc(C#N)c34)cn2)CC1.O=C(NCCC(F)(F)F)C1CCNCC1. The van der Waals surface area contributed by atoms with Crippen molar-refractivity contribution in [3.63, 3.8) is 0 Å². The lowest BCUT2D eigenvalue weighted by molar-refractivity contribution is -0.150. The van der Waals surface area contributed by atoms with Crippen LogP contribution >= 0.6 is 0 Å². The van der Waals surface area contributed by atoms with Crippen LogP contribution in [-0.4, -0.2) is 80.3 Å². The first-order valence-electron chi connectivity index (χ1n) is 16.3. The minimum Gasteiger partial charge on any atom is -0.481 e. The molecule has 49 heavy (non-hydrogen) atoms. The molecule has 12 nitrogen and oxygen atoms in total. The zero-order valence-electron chi connectivity index (χ0n) is 27.5. The maximum Gasteiger partial charge on any atom is 0.390 e. The van der Waals surface area contributed by atoms with E-state index in [0.29, 0.717) is 50.8 Å². The van der Waals surface area contributed by atoms with Crippen LogP contribution in [0.3, 0.4) is 0 Å². The van der Waals surface area contributed by atoms with Crippen molar-refractivity contribution in [3.05, 3.63) is 54.7 Å². The number of hydrogen-bond donors (Lipinski definition) is 3. The Bertz CT molecular complexity index is 1800. The number of alkyl halides is 3. The van der Waals surface area contributed by atoms with Gasteiger partial charge in [0.05, 0.1) is 35.3 Å². The summed E-state index contributed by atoms with van der Waals surface area (Å²) in [5, 5.41) is 33.3. The van der Waals surface area contributed by atoms with Crippen LogP contribution in [0, 0.1) is 22.7 Å². The van der Waals surface area contributed by atoms with Crippen molar-refractivity contribution >= 4 is 23.2 Å². The van der Waals surface area contributed by atoms with Crippen molar-refractivity contribution < 1.29 is 27.9 Å². The van der Waals surface area contributed by atoms with Crippen LogP contribution in [0.4, 0.5) is 19.0 Å². The first-order chi connectivity index (χ1) is 23.4. The van der Waals surface area contributed by atoms with Gasteiger partial charge < -0.3 is 20.6 Å². The number of nitrogens with one attached hydrogen (secondary N) is 2. The molecule has 2 aliphatic heterocycles. The lowest BCUT2D eigenvalue weighted by Gasteiger charge is -2.38. The molecule has 4 aromatic rings. The highest BCUT2D eigenvalue weighted by Gasteiger charge is 2.40. The van der Waals surface area contributed by atoms with E-state index in [-0.39, 0.29) is 18.4 Å². The highest BCUT2D eigenvalue weighted by Crippen LogP contribution is 2.37. The molecular formula is C34H40F3N9O3. The molecule has 15 heteroatoms. The molecule has 4 aromatic heterocycles. The smallest absolute Gasteiger partial charge is 0.390 e. The third-order valence-electron chi connectivity index (χ3n) is 9.42. The molecule has 260 valence electrons. The summed E-state index contributed by atoms with van der Waals surface area (Å²) in [5.41, 5.74) is 4.23. The number of aryl methyl sites for hydroxylation is 1. The maximum atomic E-state index is 11.8. The van der Waals surface area contributed by atoms with Gasteiger partial charge in [-0.2, -0.15) is 28.6 Å². The van der Waals surface area contributed by atoms with Crippen LogP contribution in [0.2, 0.25) is 0 Å². The number of anilines is 1. The van der Waals surface area contributed by atoms with Gasteiger partial charge in [0.2, 0.25) is 5.91 Å². The summed E-state index contributed by atoms with van der Waals surface area (Å²) in [5.74, 6) is -0.253. The van der Waals surface area contributed by atoms with Crippen LogP contribution in [0.1, 0.15) is 51.0 Å². The molecular weight excluding hydrogens is 639 g/mol. The van der Waals surface area contributed by atoms with Gasteiger partial charge in [-0.3, -0.25) is 14.3 Å². The van der Waals surface area contributed by atoms with E-state index in [0.717, 1.165) is 46.7 Å². The summed E-state index contributed by atoms with van der Waals surface area (Å²) in [4.78, 5) is 30.0. The molecule has 0 radical (unpaired) electrons. The second-order valence-corrected chi connectivity index (χ2v) is 12.5. The fourth-order valence-electron chi connectivity index (χ4n) is 6.32. The van der Waals surface area contributed by atoms with Crippen LogP contribution in [0.25, 0.3) is 27.8 Å². The van der Waals surface area contributed by atoms with Gasteiger partial charge in [-0.25, -0.2) is 9.50 Å². The van der Waals surface area contributed by atoms with E-state index in [9.17, 15) is 33.1 Å². The van der Waals surface area contributed by atoms with Gasteiger partial charge in [-0.05, 0) is 63.4 Å². The van der Waals surface area contributed by atoms with Gasteiger partial charge in [0.25, 0.3) is 0 Å². The van der Waals surface area contributed by atoms with E-state index in [1.807, 2.05) is 50.8 Å². The lowest BCUT2D eigenvalue weighted by Crippen LogP contribution is -2.44. The zero-order chi connectivity index (χ0) is 35.2. The molecule has 0 spiro atoms. The number of aliphatic carboxylic acids is 1. The molecule has 6 heterocycles. The van der Waals surface area contributed by atoms with Gasteiger partial charge in [0, 0.05) is 73.4 Å². The number of piperidine rings is 2. The first kappa shape index (κ1) is 35.3. The number of nitriles is 1. The van der Waals surface area contributed by atoms with Crippen molar-refractivity contribution in [3.8, 4) is 28.3 Å². The molecule has 2 fully saturated rings. The van der Waals surface area contributed by atoms with Crippen LogP contribution in [0.15, 0.2) is 49.2 Å². The number of hydrogen-bond acceptors (Lipinski definition) is 8. The fourth-order valence-corrected chi connectivity index (χ4v) is 6.32. The number of fused-ring (bicyclic) bond motifs is 1. The van der Waals surface area contributed by atoms with E-state index in [2.05, 4.69) is 31.8 Å². The van der Waals surface area contributed by atoms with Crippen molar-refractivity contribution in [2.24, 2.45) is 18.4 Å². The third-order valence-corrected chi connectivity index (χ3v) is 9.42. The molecule has 3 N–H and O–H groups in total. The monoisotopic (exact) mass is 679 g/mol. The second-order valence-electron chi connectivity index (χ2n) is 12.5. The zero-order valence-corrected chi connectivity index (χ0v) is 27.5. The number of rotatable bonds is 8. The molecule has 0 aromatic carbocycles. The highest BCUT2D eigenvalue weighted by molar-refractivity contribution is 5.87. The van der Waals surface area contributed by atoms with Crippen molar-refractivity contribution in [1.29, 1.82) is 5.26 Å². The van der Waals surface area contributed by atoms with Crippen molar-refractivity contribution in [2.45, 2.75) is 51.6 Å². The van der Waals surface area contributed by atoms with E-state index in [1.165, 1.54) is 0 Å². The van der Waals surface area contributed by atoms with E-state index in [4.69, 9.17) is 4.98 Å². The van der Waals surface area contributed by atoms with Crippen molar-refractivity contribution in [2.75, 3.05) is 37.6 Å². The number of aromatic nitrogens is 5. The summed E-state index contributed by atoms with van der Waals surface area (Å²) in [6, 6.07) is 8.23. The summed E-state index contributed by atoms with van der Waals surface area (Å²) < 4.78 is 38.8. The largest absolute Gasteiger partial charge is 0.481 e. The molecule has 0 atom stereocenters. The van der Waals surface area contributed by atoms with Crippen LogP contribution < -0.4 is 15.5 Å². The molecule has 1 amide bonds. The second kappa shape index (κ2) is 15.1. The summed E-state index contributed by atoms with van der Waals surface area (Å²) >= 11 is 0. The lowest BCUT2D eigenvalue weighted by atomic mass is 9.76. The number of nitrogens with zero attached hydrogens (tertiary/aromatic N) is 7. The quantitative estimate of drug-likeness (QED) is 0.238. The average Bonchev–Trinajstić information content (AvgIpc) is 3.74. The summed E-state index contributed by atoms with van der Waals surface area (Å²) in [6.07, 6.45) is 7.13. The first-order valence-corrected chi connectivity index (χ1v) is 16.3. The molecule has 2 saturated heterocycles. The Labute approximate surface area is 281 Å². The number of carboxylic acids is 1. The van der Waals surface area contributed by atoms with Gasteiger partial charge in [-0.15, -0.1) is 0 Å². The molecule has 0 bridgehead atoms. The Morgan fingerprint density at radius 3 is 2.39 bits per heavy atom. The van der Waals surface area contributed by atoms with Gasteiger partial charge in [0.1, 0.15) is 11.9 Å². The summed E-state index contributed by atoms with van der Waals surface area (Å²) in [6.45, 7) is 4.48. The van der Waals surface area contributed by atoms with Gasteiger partial charge in [0.15, 0.2) is 0 Å². The molecule has 0 aliphatic carbocycles. The van der Waals surface area contributed by atoms with E-state index in [1.54, 1.807) is 21.6 Å². The van der Waals surface area contributed by atoms with E-state index >= 15 is 0 Å². The Balaban J connectivity index is 0.000000263. The molecule has 2 aliphatic rings. The Kier molecular flexibility index (Phi) is 10.9. The van der Waals surface area contributed by atoms with Crippen molar-refractivity contribution in [1.82, 2.24) is 35.0 Å².